The third-order valence-corrected chi connectivity index (χ3v) is 4.20. The van der Waals surface area contributed by atoms with E-state index in [1.807, 2.05) is 6.07 Å². The van der Waals surface area contributed by atoms with Crippen molar-refractivity contribution in [2.24, 2.45) is 0 Å². The number of fused-ring (bicyclic) bond motifs is 1. The van der Waals surface area contributed by atoms with Gasteiger partial charge in [-0.3, -0.25) is 0 Å². The molecule has 0 aliphatic rings. The fourth-order valence-corrected chi connectivity index (χ4v) is 3.19. The lowest BCUT2D eigenvalue weighted by atomic mass is 10.1. The quantitative estimate of drug-likeness (QED) is 0.764. The molecule has 70 valence electrons. The average molecular weight is 266 g/mol. The predicted molar refractivity (Wildman–Crippen MR) is 63.6 cm³/mol. The van der Waals surface area contributed by atoms with Gasteiger partial charge in [0.25, 0.3) is 0 Å². The lowest BCUT2D eigenvalue weighted by Crippen LogP contribution is -1.82. The standard InChI is InChI=1S/C11H8BrNS/c1-7-6-14-11-9(7)4-8(2-3-13)5-10(11)12/h4-6H,2H2,1H3. The van der Waals surface area contributed by atoms with Crippen LogP contribution in [-0.2, 0) is 6.42 Å². The molecule has 0 bridgehead atoms. The van der Waals surface area contributed by atoms with Crippen molar-refractivity contribution in [3.8, 4) is 6.07 Å². The Morgan fingerprint density at radius 1 is 1.50 bits per heavy atom. The highest BCUT2D eigenvalue weighted by atomic mass is 79.9. The first-order valence-corrected chi connectivity index (χ1v) is 5.93. The van der Waals surface area contributed by atoms with Crippen molar-refractivity contribution >= 4 is 37.4 Å². The molecule has 0 N–H and O–H groups in total. The molecule has 0 amide bonds. The number of halogens is 1. The zero-order valence-electron chi connectivity index (χ0n) is 7.67. The van der Waals surface area contributed by atoms with Gasteiger partial charge in [0, 0.05) is 9.17 Å². The monoisotopic (exact) mass is 265 g/mol. The fourth-order valence-electron chi connectivity index (χ4n) is 1.47. The summed E-state index contributed by atoms with van der Waals surface area (Å²) in [7, 11) is 0. The van der Waals surface area contributed by atoms with Crippen LogP contribution in [0.15, 0.2) is 22.0 Å². The normalized spacial score (nSPS) is 10.4. The molecule has 2 aromatic rings. The van der Waals surface area contributed by atoms with Crippen molar-refractivity contribution in [3.63, 3.8) is 0 Å². The third kappa shape index (κ3) is 1.56. The van der Waals surface area contributed by atoms with Gasteiger partial charge in [-0.1, -0.05) is 0 Å². The van der Waals surface area contributed by atoms with E-state index in [-0.39, 0.29) is 0 Å². The van der Waals surface area contributed by atoms with Crippen LogP contribution in [0.1, 0.15) is 11.1 Å². The van der Waals surface area contributed by atoms with E-state index in [2.05, 4.69) is 40.4 Å². The van der Waals surface area contributed by atoms with Crippen molar-refractivity contribution < 1.29 is 0 Å². The Morgan fingerprint density at radius 2 is 2.29 bits per heavy atom. The largest absolute Gasteiger partial charge is 0.198 e. The molecule has 0 atom stereocenters. The third-order valence-electron chi connectivity index (χ3n) is 2.16. The van der Waals surface area contributed by atoms with Crippen molar-refractivity contribution in [2.75, 3.05) is 0 Å². The van der Waals surface area contributed by atoms with Crippen LogP contribution in [-0.4, -0.2) is 0 Å². The van der Waals surface area contributed by atoms with Crippen LogP contribution in [0, 0.1) is 18.3 Å². The van der Waals surface area contributed by atoms with Crippen LogP contribution in [0.4, 0.5) is 0 Å². The second kappa shape index (κ2) is 3.72. The van der Waals surface area contributed by atoms with Gasteiger partial charge < -0.3 is 0 Å². The van der Waals surface area contributed by atoms with Gasteiger partial charge in [0.05, 0.1) is 12.5 Å². The summed E-state index contributed by atoms with van der Waals surface area (Å²) in [5, 5.41) is 12.0. The van der Waals surface area contributed by atoms with Crippen molar-refractivity contribution in [1.29, 1.82) is 5.26 Å². The van der Waals surface area contributed by atoms with Gasteiger partial charge in [-0.25, -0.2) is 0 Å². The minimum absolute atomic E-state index is 0.476. The maximum absolute atomic E-state index is 8.64. The van der Waals surface area contributed by atoms with Crippen molar-refractivity contribution in [1.82, 2.24) is 0 Å². The Kier molecular flexibility index (Phi) is 2.58. The summed E-state index contributed by atoms with van der Waals surface area (Å²) < 4.78 is 2.36. The molecule has 2 rings (SSSR count). The molecular formula is C11H8BrNS. The summed E-state index contributed by atoms with van der Waals surface area (Å²) in [5.74, 6) is 0. The smallest absolute Gasteiger partial charge is 0.0669 e. The Hall–Kier alpha value is -0.850. The maximum Gasteiger partial charge on any atom is 0.0669 e. The van der Waals surface area contributed by atoms with E-state index in [9.17, 15) is 0 Å². The number of aryl methyl sites for hydroxylation is 1. The van der Waals surface area contributed by atoms with Crippen molar-refractivity contribution in [3.05, 3.63) is 33.1 Å². The number of thiophene rings is 1. The zero-order valence-corrected chi connectivity index (χ0v) is 10.1. The number of benzene rings is 1. The van der Waals surface area contributed by atoms with E-state index in [0.717, 1.165) is 10.0 Å². The van der Waals surface area contributed by atoms with E-state index in [4.69, 9.17) is 5.26 Å². The second-order valence-electron chi connectivity index (χ2n) is 3.21. The Labute approximate surface area is 95.1 Å². The first-order chi connectivity index (χ1) is 6.72. The minimum atomic E-state index is 0.476. The highest BCUT2D eigenvalue weighted by Gasteiger charge is 2.05. The van der Waals surface area contributed by atoms with Gasteiger partial charge >= 0.3 is 0 Å². The topological polar surface area (TPSA) is 23.8 Å². The molecule has 1 nitrogen and oxygen atoms in total. The summed E-state index contributed by atoms with van der Waals surface area (Å²) >= 11 is 5.27. The molecule has 0 unspecified atom stereocenters. The molecule has 0 aliphatic carbocycles. The molecule has 0 spiro atoms. The van der Waals surface area contributed by atoms with Gasteiger partial charge in [-0.05, 0) is 56.9 Å². The summed E-state index contributed by atoms with van der Waals surface area (Å²) in [4.78, 5) is 0. The first kappa shape index (κ1) is 9.70. The molecule has 14 heavy (non-hydrogen) atoms. The number of rotatable bonds is 1. The highest BCUT2D eigenvalue weighted by molar-refractivity contribution is 9.10. The summed E-state index contributed by atoms with van der Waals surface area (Å²) in [5.41, 5.74) is 2.36. The van der Waals surface area contributed by atoms with E-state index in [0.29, 0.717) is 6.42 Å². The lowest BCUT2D eigenvalue weighted by molar-refractivity contribution is 1.27. The molecule has 0 fully saturated rings. The molecule has 1 aromatic heterocycles. The number of nitrogens with zero attached hydrogens (tertiary/aromatic N) is 1. The van der Waals surface area contributed by atoms with Crippen LogP contribution in [0.25, 0.3) is 10.1 Å². The maximum atomic E-state index is 8.64. The van der Waals surface area contributed by atoms with Gasteiger partial charge in [-0.15, -0.1) is 11.3 Å². The summed E-state index contributed by atoms with van der Waals surface area (Å²) in [6, 6.07) is 6.31. The molecule has 3 heteroatoms. The fraction of sp³-hybridized carbons (Fsp3) is 0.182. The van der Waals surface area contributed by atoms with Gasteiger partial charge in [0.2, 0.25) is 0 Å². The molecule has 1 aromatic carbocycles. The minimum Gasteiger partial charge on any atom is -0.198 e. The molecule has 0 aliphatic heterocycles. The van der Waals surface area contributed by atoms with Gasteiger partial charge in [0.1, 0.15) is 0 Å². The molecule has 0 saturated heterocycles. The molecular weight excluding hydrogens is 258 g/mol. The highest BCUT2D eigenvalue weighted by Crippen LogP contribution is 2.33. The molecule has 0 radical (unpaired) electrons. The van der Waals surface area contributed by atoms with Crippen LogP contribution < -0.4 is 0 Å². The van der Waals surface area contributed by atoms with Crippen LogP contribution in [0.2, 0.25) is 0 Å². The Morgan fingerprint density at radius 3 is 3.00 bits per heavy atom. The summed E-state index contributed by atoms with van der Waals surface area (Å²) in [6.45, 7) is 2.10. The zero-order chi connectivity index (χ0) is 10.1. The molecule has 1 heterocycles. The van der Waals surface area contributed by atoms with E-state index >= 15 is 0 Å². The van der Waals surface area contributed by atoms with Crippen LogP contribution in [0.3, 0.4) is 0 Å². The number of hydrogen-bond acceptors (Lipinski definition) is 2. The van der Waals surface area contributed by atoms with Crippen LogP contribution >= 0.6 is 27.3 Å². The SMILES string of the molecule is Cc1csc2c(Br)cc(CC#N)cc12. The average Bonchev–Trinajstić information content (AvgIpc) is 2.49. The van der Waals surface area contributed by atoms with Gasteiger partial charge in [-0.2, -0.15) is 5.26 Å². The van der Waals surface area contributed by atoms with Gasteiger partial charge in [0.15, 0.2) is 0 Å². The first-order valence-electron chi connectivity index (χ1n) is 4.25. The van der Waals surface area contributed by atoms with E-state index in [1.54, 1.807) is 11.3 Å². The van der Waals surface area contributed by atoms with Crippen molar-refractivity contribution in [2.45, 2.75) is 13.3 Å². The lowest BCUT2D eigenvalue weighted by Gasteiger charge is -1.99. The number of nitriles is 1. The Bertz CT molecular complexity index is 522. The van der Waals surface area contributed by atoms with Crippen LogP contribution in [0.5, 0.6) is 0 Å². The predicted octanol–water partition coefficient (Wildman–Crippen LogP) is 4.04. The second-order valence-corrected chi connectivity index (χ2v) is 4.94. The van der Waals surface area contributed by atoms with E-state index < -0.39 is 0 Å². The number of hydrogen-bond donors (Lipinski definition) is 0. The van der Waals surface area contributed by atoms with E-state index in [1.165, 1.54) is 15.6 Å². The summed E-state index contributed by atoms with van der Waals surface area (Å²) in [6.07, 6.45) is 0.476. The Balaban J connectivity index is 2.70. The molecule has 0 saturated carbocycles.